The number of hydrogen-bond donors (Lipinski definition) is 2. The van der Waals surface area contributed by atoms with Gasteiger partial charge in [0.2, 0.25) is 11.7 Å². The van der Waals surface area contributed by atoms with E-state index in [9.17, 15) is 4.79 Å². The Morgan fingerprint density at radius 1 is 1.26 bits per heavy atom. The Labute approximate surface area is 158 Å². The third-order valence-corrected chi connectivity index (χ3v) is 4.89. The number of unbranched alkanes of at least 4 members (excludes halogenated alkanes) is 1. The van der Waals surface area contributed by atoms with Gasteiger partial charge in [-0.3, -0.25) is 10.0 Å². The van der Waals surface area contributed by atoms with Crippen molar-refractivity contribution in [1.82, 2.24) is 10.5 Å². The van der Waals surface area contributed by atoms with Crippen molar-refractivity contribution in [3.8, 4) is 11.5 Å². The van der Waals surface area contributed by atoms with Gasteiger partial charge in [-0.2, -0.15) is 0 Å². The topological polar surface area (TPSA) is 93.8 Å². The summed E-state index contributed by atoms with van der Waals surface area (Å²) in [6, 6.07) is 9.89. The van der Waals surface area contributed by atoms with Crippen LogP contribution < -0.4 is 5.48 Å². The zero-order valence-corrected chi connectivity index (χ0v) is 15.7. The minimum Gasteiger partial charge on any atom is -0.441 e. The number of carbonyl (C=O) groups excluding carboxylic acids is 1. The second-order valence-electron chi connectivity index (χ2n) is 7.01. The van der Waals surface area contributed by atoms with Crippen molar-refractivity contribution in [1.29, 1.82) is 0 Å². The van der Waals surface area contributed by atoms with Crippen LogP contribution in [-0.4, -0.2) is 35.1 Å². The molecule has 0 unspecified atom stereocenters. The lowest BCUT2D eigenvalue weighted by atomic mass is 10.0. The van der Waals surface area contributed by atoms with Gasteiger partial charge in [-0.25, -0.2) is 10.5 Å². The summed E-state index contributed by atoms with van der Waals surface area (Å²) in [4.78, 5) is 16.2. The highest BCUT2D eigenvalue weighted by atomic mass is 16.7. The van der Waals surface area contributed by atoms with Gasteiger partial charge in [0.25, 0.3) is 0 Å². The average molecular weight is 374 g/mol. The summed E-state index contributed by atoms with van der Waals surface area (Å²) in [5.74, 6) is -0.321. The number of aromatic nitrogens is 1. The van der Waals surface area contributed by atoms with E-state index in [1.54, 1.807) is 5.48 Å². The zero-order valence-electron chi connectivity index (χ0n) is 15.7. The first-order valence-corrected chi connectivity index (χ1v) is 9.26. The molecule has 0 aliphatic carbocycles. The molecule has 0 atom stereocenters. The molecule has 0 saturated carbocycles. The van der Waals surface area contributed by atoms with Crippen LogP contribution in [0.5, 0.6) is 0 Å². The van der Waals surface area contributed by atoms with Crippen molar-refractivity contribution in [3.05, 3.63) is 41.8 Å². The van der Waals surface area contributed by atoms with Crippen LogP contribution >= 0.6 is 0 Å². The molecule has 1 aromatic carbocycles. The Kier molecular flexibility index (Phi) is 6.26. The molecule has 1 aromatic heterocycles. The predicted octanol–water partition coefficient (Wildman–Crippen LogP) is 3.25. The van der Waals surface area contributed by atoms with Crippen LogP contribution in [0, 0.1) is 12.8 Å². The molecule has 2 heterocycles. The highest BCUT2D eigenvalue weighted by Gasteiger charge is 2.40. The van der Waals surface area contributed by atoms with Crippen molar-refractivity contribution >= 4 is 5.91 Å². The number of aryl methyl sites for hydroxylation is 2. The van der Waals surface area contributed by atoms with Crippen LogP contribution in [0.2, 0.25) is 0 Å². The molecular formula is C20H26N2O5. The van der Waals surface area contributed by atoms with E-state index in [2.05, 4.69) is 4.98 Å². The van der Waals surface area contributed by atoms with Gasteiger partial charge in [0.1, 0.15) is 5.76 Å². The predicted molar refractivity (Wildman–Crippen MR) is 98.0 cm³/mol. The van der Waals surface area contributed by atoms with Crippen LogP contribution in [0.4, 0.5) is 0 Å². The number of amides is 1. The van der Waals surface area contributed by atoms with E-state index >= 15 is 0 Å². The zero-order chi connectivity index (χ0) is 19.3. The molecule has 146 valence electrons. The van der Waals surface area contributed by atoms with Crippen LogP contribution in [0.1, 0.15) is 37.6 Å². The number of benzene rings is 1. The molecule has 3 rings (SSSR count). The normalized spacial score (nSPS) is 22.6. The molecule has 7 heteroatoms. The standard InChI is InChI=1S/C20H26N2O5/c1-14-17(21-18(27-14)16-9-4-3-5-10-16)11-7-6-8-15-12-25-20(2,26-13-15)19(23)22-24/h3-5,9-10,15,24H,6-8,11-13H2,1-2H3,(H,22,23)/t15-,20+. The monoisotopic (exact) mass is 374 g/mol. The quantitative estimate of drug-likeness (QED) is 0.439. The van der Waals surface area contributed by atoms with Crippen LogP contribution in [0.3, 0.4) is 0 Å². The molecule has 7 nitrogen and oxygen atoms in total. The Bertz CT molecular complexity index is 751. The summed E-state index contributed by atoms with van der Waals surface area (Å²) in [5.41, 5.74) is 3.56. The third-order valence-electron chi connectivity index (χ3n) is 4.89. The molecule has 1 amide bonds. The molecule has 2 N–H and O–H groups in total. The molecule has 0 bridgehead atoms. The van der Waals surface area contributed by atoms with Gasteiger partial charge in [0.05, 0.1) is 18.9 Å². The van der Waals surface area contributed by atoms with Gasteiger partial charge in [0.15, 0.2) is 0 Å². The van der Waals surface area contributed by atoms with E-state index in [4.69, 9.17) is 19.1 Å². The van der Waals surface area contributed by atoms with E-state index in [0.717, 1.165) is 42.7 Å². The second kappa shape index (κ2) is 8.65. The lowest BCUT2D eigenvalue weighted by molar-refractivity contribution is -0.264. The molecule has 27 heavy (non-hydrogen) atoms. The van der Waals surface area contributed by atoms with Gasteiger partial charge in [-0.15, -0.1) is 0 Å². The summed E-state index contributed by atoms with van der Waals surface area (Å²) >= 11 is 0. The largest absolute Gasteiger partial charge is 0.441 e. The second-order valence-corrected chi connectivity index (χ2v) is 7.01. The highest BCUT2D eigenvalue weighted by molar-refractivity contribution is 5.82. The van der Waals surface area contributed by atoms with Gasteiger partial charge >= 0.3 is 5.91 Å². The van der Waals surface area contributed by atoms with Crippen LogP contribution in [0.25, 0.3) is 11.5 Å². The lowest BCUT2D eigenvalue weighted by Gasteiger charge is -2.35. The Morgan fingerprint density at radius 2 is 1.96 bits per heavy atom. The summed E-state index contributed by atoms with van der Waals surface area (Å²) in [6.07, 6.45) is 3.81. The maximum atomic E-state index is 11.5. The van der Waals surface area contributed by atoms with Crippen molar-refractivity contribution < 1.29 is 23.9 Å². The summed E-state index contributed by atoms with van der Waals surface area (Å²) in [5, 5.41) is 8.72. The molecule has 2 aromatic rings. The van der Waals surface area contributed by atoms with Crippen molar-refractivity contribution in [2.45, 2.75) is 45.3 Å². The molecule has 1 aliphatic rings. The van der Waals surface area contributed by atoms with E-state index in [0.29, 0.717) is 19.1 Å². The number of hydrogen-bond acceptors (Lipinski definition) is 6. The van der Waals surface area contributed by atoms with Crippen molar-refractivity contribution in [2.24, 2.45) is 5.92 Å². The Balaban J connectivity index is 1.43. The third kappa shape index (κ3) is 4.74. The van der Waals surface area contributed by atoms with Crippen LogP contribution in [0.15, 0.2) is 34.7 Å². The van der Waals surface area contributed by atoms with E-state index in [1.807, 2.05) is 37.3 Å². The Hall–Kier alpha value is -2.22. The minimum atomic E-state index is -1.41. The Morgan fingerprint density at radius 3 is 2.63 bits per heavy atom. The van der Waals surface area contributed by atoms with E-state index in [1.165, 1.54) is 6.92 Å². The first kappa shape index (κ1) is 19.5. The number of rotatable bonds is 7. The smallest absolute Gasteiger partial charge is 0.303 e. The number of oxazole rings is 1. The molecule has 1 aliphatic heterocycles. The number of nitrogens with zero attached hydrogens (tertiary/aromatic N) is 1. The molecule has 0 radical (unpaired) electrons. The van der Waals surface area contributed by atoms with Gasteiger partial charge in [-0.05, 0) is 45.2 Å². The number of ether oxygens (including phenoxy) is 2. The highest BCUT2D eigenvalue weighted by Crippen LogP contribution is 2.26. The first-order valence-electron chi connectivity index (χ1n) is 9.26. The summed E-state index contributed by atoms with van der Waals surface area (Å²) in [7, 11) is 0. The maximum absolute atomic E-state index is 11.5. The molecular weight excluding hydrogens is 348 g/mol. The lowest BCUT2D eigenvalue weighted by Crippen LogP contribution is -2.52. The fourth-order valence-electron chi connectivity index (χ4n) is 3.13. The minimum absolute atomic E-state index is 0.239. The van der Waals surface area contributed by atoms with Gasteiger partial charge < -0.3 is 13.9 Å². The van der Waals surface area contributed by atoms with E-state index in [-0.39, 0.29) is 5.92 Å². The maximum Gasteiger partial charge on any atom is 0.303 e. The fourth-order valence-corrected chi connectivity index (χ4v) is 3.13. The average Bonchev–Trinajstić information content (AvgIpc) is 3.07. The number of nitrogens with one attached hydrogen (secondary N) is 1. The fraction of sp³-hybridized carbons (Fsp3) is 0.500. The number of hydroxylamine groups is 1. The van der Waals surface area contributed by atoms with Gasteiger partial charge in [-0.1, -0.05) is 24.6 Å². The SMILES string of the molecule is Cc1oc(-c2ccccc2)nc1CCCC[C@H]1CO[C@@](C)(C(=O)NO)OC1. The molecule has 1 fully saturated rings. The van der Waals surface area contributed by atoms with Gasteiger partial charge in [0, 0.05) is 11.5 Å². The summed E-state index contributed by atoms with van der Waals surface area (Å²) < 4.78 is 16.8. The van der Waals surface area contributed by atoms with Crippen molar-refractivity contribution in [3.63, 3.8) is 0 Å². The van der Waals surface area contributed by atoms with E-state index < -0.39 is 11.7 Å². The molecule has 1 saturated heterocycles. The number of carbonyl (C=O) groups is 1. The van der Waals surface area contributed by atoms with Crippen LogP contribution in [-0.2, 0) is 20.7 Å². The van der Waals surface area contributed by atoms with Crippen molar-refractivity contribution in [2.75, 3.05) is 13.2 Å². The molecule has 0 spiro atoms. The summed E-state index contributed by atoms with van der Waals surface area (Å²) in [6.45, 7) is 4.33. The first-order chi connectivity index (χ1) is 13.0.